The third-order valence-corrected chi connectivity index (χ3v) is 4.32. The Balaban J connectivity index is 1.88. The molecule has 2 aromatic carbocycles. The van der Waals surface area contributed by atoms with Crippen molar-refractivity contribution in [3.63, 3.8) is 0 Å². The van der Waals surface area contributed by atoms with Gasteiger partial charge < -0.3 is 10.4 Å². The molecule has 0 fully saturated rings. The van der Waals surface area contributed by atoms with Crippen LogP contribution in [0.15, 0.2) is 60.9 Å². The fourth-order valence-corrected chi connectivity index (χ4v) is 3.02. The second-order valence-electron chi connectivity index (χ2n) is 7.82. The molecule has 0 saturated carbocycles. The van der Waals surface area contributed by atoms with Crippen LogP contribution in [0.3, 0.4) is 0 Å². The number of aromatic nitrogens is 4. The molecular formula is C22H21N5O2. The van der Waals surface area contributed by atoms with Crippen LogP contribution in [-0.4, -0.2) is 36.4 Å². The van der Waals surface area contributed by atoms with Crippen LogP contribution in [0.5, 0.6) is 0 Å². The van der Waals surface area contributed by atoms with Gasteiger partial charge in [-0.1, -0.05) is 36.4 Å². The Morgan fingerprint density at radius 3 is 2.45 bits per heavy atom. The van der Waals surface area contributed by atoms with Gasteiger partial charge in [-0.25, -0.2) is 14.5 Å². The van der Waals surface area contributed by atoms with Gasteiger partial charge in [0, 0.05) is 17.1 Å². The summed E-state index contributed by atoms with van der Waals surface area (Å²) < 4.78 is 1.38. The van der Waals surface area contributed by atoms with Crippen LogP contribution in [0, 0.1) is 0 Å². The first-order valence-corrected chi connectivity index (χ1v) is 9.24. The molecule has 2 N–H and O–H groups in total. The van der Waals surface area contributed by atoms with Crippen molar-refractivity contribution in [3.05, 3.63) is 66.5 Å². The molecule has 0 aliphatic carbocycles. The van der Waals surface area contributed by atoms with Gasteiger partial charge in [-0.3, -0.25) is 0 Å². The summed E-state index contributed by atoms with van der Waals surface area (Å²) in [5.41, 5.74) is 2.78. The summed E-state index contributed by atoms with van der Waals surface area (Å²) in [6.07, 6.45) is 2.69. The summed E-state index contributed by atoms with van der Waals surface area (Å²) in [7, 11) is 0. The molecule has 7 heteroatoms. The number of carboxylic acid groups (broad SMARTS) is 1. The molecule has 2 aromatic heterocycles. The lowest BCUT2D eigenvalue weighted by Gasteiger charge is -2.23. The Morgan fingerprint density at radius 2 is 1.79 bits per heavy atom. The minimum atomic E-state index is -1.04. The third-order valence-electron chi connectivity index (χ3n) is 4.32. The van der Waals surface area contributed by atoms with Crippen molar-refractivity contribution in [2.75, 3.05) is 5.32 Å². The summed E-state index contributed by atoms with van der Waals surface area (Å²) in [6.45, 7) is 6.16. The van der Waals surface area contributed by atoms with Crippen LogP contribution >= 0.6 is 0 Å². The standard InChI is InChI=1S/C22H21N5O2/c1-22(2,3)26-19-17-11-15(14-7-5-4-6-8-14)9-10-18(17)24-21(25-19)27-13-16(12-23-27)20(28)29/h4-13H,1-3H3,(H,28,29)(H,24,25,26). The van der Waals surface area contributed by atoms with E-state index in [4.69, 9.17) is 5.11 Å². The molecule has 146 valence electrons. The zero-order chi connectivity index (χ0) is 20.6. The zero-order valence-electron chi connectivity index (χ0n) is 16.4. The Bertz CT molecular complexity index is 1190. The number of carboxylic acids is 1. The van der Waals surface area contributed by atoms with E-state index in [2.05, 4.69) is 59.4 Å². The summed E-state index contributed by atoms with van der Waals surface area (Å²) in [4.78, 5) is 20.4. The van der Waals surface area contributed by atoms with Crippen LogP contribution in [0.1, 0.15) is 31.1 Å². The number of nitrogens with one attached hydrogen (secondary N) is 1. The number of fused-ring (bicyclic) bond motifs is 1. The Hall–Kier alpha value is -3.74. The number of benzene rings is 2. The first-order valence-electron chi connectivity index (χ1n) is 9.24. The molecule has 0 spiro atoms. The summed E-state index contributed by atoms with van der Waals surface area (Å²) in [5.74, 6) is -0.0653. The second-order valence-corrected chi connectivity index (χ2v) is 7.82. The van der Waals surface area contributed by atoms with Crippen LogP contribution < -0.4 is 5.32 Å². The number of carbonyl (C=O) groups is 1. The normalized spacial score (nSPS) is 11.6. The predicted molar refractivity (Wildman–Crippen MR) is 112 cm³/mol. The van der Waals surface area contributed by atoms with Gasteiger partial charge in [0.05, 0.1) is 17.3 Å². The average molecular weight is 387 g/mol. The minimum absolute atomic E-state index is 0.0819. The highest BCUT2D eigenvalue weighted by atomic mass is 16.4. The van der Waals surface area contributed by atoms with Crippen molar-refractivity contribution in [2.24, 2.45) is 0 Å². The van der Waals surface area contributed by atoms with Gasteiger partial charge >= 0.3 is 5.97 Å². The molecule has 0 amide bonds. The maximum Gasteiger partial charge on any atom is 0.338 e. The molecule has 4 rings (SSSR count). The van der Waals surface area contributed by atoms with Crippen molar-refractivity contribution < 1.29 is 9.90 Å². The van der Waals surface area contributed by atoms with Crippen molar-refractivity contribution >= 4 is 22.7 Å². The van der Waals surface area contributed by atoms with E-state index < -0.39 is 5.97 Å². The summed E-state index contributed by atoms with van der Waals surface area (Å²) >= 11 is 0. The van der Waals surface area contributed by atoms with Crippen LogP contribution in [-0.2, 0) is 0 Å². The Labute approximate surface area is 168 Å². The molecule has 0 saturated heterocycles. The van der Waals surface area contributed by atoms with Gasteiger partial charge in [0.1, 0.15) is 5.82 Å². The van der Waals surface area contributed by atoms with E-state index in [9.17, 15) is 4.79 Å². The number of rotatable bonds is 4. The van der Waals surface area contributed by atoms with E-state index in [1.54, 1.807) is 0 Å². The van der Waals surface area contributed by atoms with Crippen LogP contribution in [0.2, 0.25) is 0 Å². The zero-order valence-corrected chi connectivity index (χ0v) is 16.4. The molecule has 2 heterocycles. The Morgan fingerprint density at radius 1 is 1.03 bits per heavy atom. The molecule has 0 aliphatic heterocycles. The number of nitrogens with zero attached hydrogens (tertiary/aromatic N) is 4. The molecule has 0 unspecified atom stereocenters. The number of aromatic carboxylic acids is 1. The van der Waals surface area contributed by atoms with Gasteiger partial charge in [0.15, 0.2) is 0 Å². The minimum Gasteiger partial charge on any atom is -0.478 e. The van der Waals surface area contributed by atoms with Gasteiger partial charge in [0.25, 0.3) is 5.95 Å². The summed E-state index contributed by atoms with van der Waals surface area (Å²) in [6, 6.07) is 16.1. The van der Waals surface area contributed by atoms with Gasteiger partial charge in [-0.2, -0.15) is 10.1 Å². The SMILES string of the molecule is CC(C)(C)Nc1nc(-n2cc(C(=O)O)cn2)nc2ccc(-c3ccccc3)cc12. The quantitative estimate of drug-likeness (QED) is 0.539. The molecule has 0 radical (unpaired) electrons. The number of hydrogen-bond donors (Lipinski definition) is 2. The van der Waals surface area contributed by atoms with Crippen LogP contribution in [0.4, 0.5) is 5.82 Å². The highest BCUT2D eigenvalue weighted by Gasteiger charge is 2.17. The highest BCUT2D eigenvalue weighted by Crippen LogP contribution is 2.29. The van der Waals surface area contributed by atoms with Crippen molar-refractivity contribution in [1.82, 2.24) is 19.7 Å². The van der Waals surface area contributed by atoms with E-state index in [1.165, 1.54) is 17.1 Å². The average Bonchev–Trinajstić information content (AvgIpc) is 3.18. The lowest BCUT2D eigenvalue weighted by atomic mass is 10.0. The van der Waals surface area contributed by atoms with Gasteiger partial charge in [0.2, 0.25) is 0 Å². The molecule has 0 atom stereocenters. The number of anilines is 1. The third kappa shape index (κ3) is 3.94. The molecular weight excluding hydrogens is 366 g/mol. The fraction of sp³-hybridized carbons (Fsp3) is 0.182. The van der Waals surface area contributed by atoms with Crippen molar-refractivity contribution in [2.45, 2.75) is 26.3 Å². The molecule has 4 aromatic rings. The summed E-state index contributed by atoms with van der Waals surface area (Å²) in [5, 5.41) is 17.6. The predicted octanol–water partition coefficient (Wildman–Crippen LogP) is 4.39. The number of hydrogen-bond acceptors (Lipinski definition) is 5. The van der Waals surface area contributed by atoms with Gasteiger partial charge in [-0.15, -0.1) is 0 Å². The monoisotopic (exact) mass is 387 g/mol. The molecule has 0 bridgehead atoms. The van der Waals surface area contributed by atoms with E-state index in [-0.39, 0.29) is 11.1 Å². The molecule has 29 heavy (non-hydrogen) atoms. The van der Waals surface area contributed by atoms with E-state index in [0.717, 1.165) is 22.0 Å². The van der Waals surface area contributed by atoms with Crippen molar-refractivity contribution in [3.8, 4) is 17.1 Å². The molecule has 0 aliphatic rings. The fourth-order valence-electron chi connectivity index (χ4n) is 3.02. The Kier molecular flexibility index (Phi) is 4.50. The second kappa shape index (κ2) is 7.01. The smallest absolute Gasteiger partial charge is 0.338 e. The van der Waals surface area contributed by atoms with Crippen LogP contribution in [0.25, 0.3) is 28.0 Å². The lowest BCUT2D eigenvalue weighted by Crippen LogP contribution is -2.27. The topological polar surface area (TPSA) is 92.9 Å². The largest absolute Gasteiger partial charge is 0.478 e. The lowest BCUT2D eigenvalue weighted by molar-refractivity contribution is 0.0697. The van der Waals surface area contributed by atoms with E-state index in [0.29, 0.717) is 11.8 Å². The maximum atomic E-state index is 11.2. The van der Waals surface area contributed by atoms with Gasteiger partial charge in [-0.05, 0) is 44.0 Å². The van der Waals surface area contributed by atoms with E-state index in [1.807, 2.05) is 30.3 Å². The highest BCUT2D eigenvalue weighted by molar-refractivity contribution is 5.93. The van der Waals surface area contributed by atoms with E-state index >= 15 is 0 Å². The maximum absolute atomic E-state index is 11.2. The molecule has 7 nitrogen and oxygen atoms in total. The first kappa shape index (κ1) is 18.6. The van der Waals surface area contributed by atoms with Crippen molar-refractivity contribution in [1.29, 1.82) is 0 Å². The first-order chi connectivity index (χ1) is 13.8.